The maximum atomic E-state index is 12.8. The molecular weight excluding hydrogens is 316 g/mol. The maximum absolute atomic E-state index is 12.8. The third-order valence-electron chi connectivity index (χ3n) is 3.99. The van der Waals surface area contributed by atoms with Gasteiger partial charge in [-0.3, -0.25) is 4.79 Å². The summed E-state index contributed by atoms with van der Waals surface area (Å²) in [4.78, 5) is 24.6. The van der Waals surface area contributed by atoms with E-state index in [2.05, 4.69) is 22.5 Å². The molecule has 1 fully saturated rings. The predicted molar refractivity (Wildman–Crippen MR) is 93.3 cm³/mol. The molecule has 0 spiro atoms. The second-order valence-electron chi connectivity index (χ2n) is 5.67. The van der Waals surface area contributed by atoms with Gasteiger partial charge in [0, 0.05) is 11.4 Å². The number of rotatable bonds is 3. The average molecular weight is 332 g/mol. The number of nitriles is 1. The first-order valence-electron chi connectivity index (χ1n) is 7.71. The lowest BCUT2D eigenvalue weighted by molar-refractivity contribution is -0.119. The standard InChI is InChI=1S/C19H16N4O2/c1-12-16(18(24)22-15-5-3-2-4-6-15)17(23-19(25)21-12)14-9-7-13(11-20)8-10-14/h2-10,16-17H,1H2,(H,22,24)(H2,21,23,25)/t16-,17+/m0/s1. The zero-order chi connectivity index (χ0) is 17.8. The monoisotopic (exact) mass is 332 g/mol. The summed E-state index contributed by atoms with van der Waals surface area (Å²) in [5, 5.41) is 17.1. The SMILES string of the molecule is C=C1NC(=O)N[C@H](c2ccc(C#N)cc2)[C@H]1C(=O)Nc1ccccc1. The molecule has 1 aliphatic heterocycles. The van der Waals surface area contributed by atoms with Gasteiger partial charge in [-0.25, -0.2) is 4.79 Å². The van der Waals surface area contributed by atoms with Crippen LogP contribution in [0.25, 0.3) is 0 Å². The van der Waals surface area contributed by atoms with Crippen molar-refractivity contribution in [1.82, 2.24) is 10.6 Å². The van der Waals surface area contributed by atoms with Gasteiger partial charge in [-0.15, -0.1) is 0 Å². The Hall–Kier alpha value is -3.59. The van der Waals surface area contributed by atoms with E-state index >= 15 is 0 Å². The Balaban J connectivity index is 1.89. The Labute approximate surface area is 145 Å². The third kappa shape index (κ3) is 3.51. The molecule has 3 rings (SSSR count). The normalized spacial score (nSPS) is 19.3. The zero-order valence-corrected chi connectivity index (χ0v) is 13.3. The molecule has 3 amide bonds. The van der Waals surface area contributed by atoms with Gasteiger partial charge in [-0.2, -0.15) is 5.26 Å². The number of benzene rings is 2. The summed E-state index contributed by atoms with van der Waals surface area (Å²) < 4.78 is 0. The molecule has 0 unspecified atom stereocenters. The highest BCUT2D eigenvalue weighted by Gasteiger charge is 2.37. The van der Waals surface area contributed by atoms with E-state index in [0.29, 0.717) is 16.9 Å². The Morgan fingerprint density at radius 3 is 2.44 bits per heavy atom. The number of carbonyl (C=O) groups is 2. The van der Waals surface area contributed by atoms with Crippen molar-refractivity contribution in [3.8, 4) is 6.07 Å². The highest BCUT2D eigenvalue weighted by Crippen LogP contribution is 2.30. The van der Waals surface area contributed by atoms with Gasteiger partial charge in [0.1, 0.15) is 5.92 Å². The van der Waals surface area contributed by atoms with E-state index in [1.54, 1.807) is 36.4 Å². The minimum atomic E-state index is -0.689. The molecule has 0 radical (unpaired) electrons. The van der Waals surface area contributed by atoms with Crippen LogP contribution in [0.3, 0.4) is 0 Å². The predicted octanol–water partition coefficient (Wildman–Crippen LogP) is 2.68. The molecule has 0 aromatic heterocycles. The molecule has 0 saturated carbocycles. The number of hydrogen-bond acceptors (Lipinski definition) is 3. The smallest absolute Gasteiger partial charge is 0.319 e. The maximum Gasteiger partial charge on any atom is 0.319 e. The number of urea groups is 1. The second-order valence-corrected chi connectivity index (χ2v) is 5.67. The van der Waals surface area contributed by atoms with Crippen molar-refractivity contribution in [2.45, 2.75) is 6.04 Å². The summed E-state index contributed by atoms with van der Waals surface area (Å²) in [5.74, 6) is -0.969. The van der Waals surface area contributed by atoms with E-state index in [9.17, 15) is 9.59 Å². The quantitative estimate of drug-likeness (QED) is 0.806. The zero-order valence-electron chi connectivity index (χ0n) is 13.3. The molecule has 3 N–H and O–H groups in total. The molecule has 2 atom stereocenters. The van der Waals surface area contributed by atoms with Crippen molar-refractivity contribution in [3.05, 3.63) is 78.0 Å². The van der Waals surface area contributed by atoms with E-state index in [1.807, 2.05) is 24.3 Å². The second kappa shape index (κ2) is 6.89. The van der Waals surface area contributed by atoms with Crippen LogP contribution in [0, 0.1) is 17.2 Å². The van der Waals surface area contributed by atoms with E-state index in [4.69, 9.17) is 5.26 Å². The number of hydrogen-bond donors (Lipinski definition) is 3. The van der Waals surface area contributed by atoms with Gasteiger partial charge in [0.05, 0.1) is 17.7 Å². The summed E-state index contributed by atoms with van der Waals surface area (Å²) in [7, 11) is 0. The molecule has 2 aromatic rings. The fourth-order valence-electron chi connectivity index (χ4n) is 2.78. The largest absolute Gasteiger partial charge is 0.330 e. The minimum Gasteiger partial charge on any atom is -0.330 e. The molecule has 2 aromatic carbocycles. The van der Waals surface area contributed by atoms with Crippen LogP contribution in [0.4, 0.5) is 10.5 Å². The molecule has 0 bridgehead atoms. The van der Waals surface area contributed by atoms with Gasteiger partial charge in [0.15, 0.2) is 0 Å². The van der Waals surface area contributed by atoms with Gasteiger partial charge < -0.3 is 16.0 Å². The Kier molecular flexibility index (Phi) is 4.48. The van der Waals surface area contributed by atoms with E-state index in [-0.39, 0.29) is 5.91 Å². The fraction of sp³-hybridized carbons (Fsp3) is 0.105. The lowest BCUT2D eigenvalue weighted by Crippen LogP contribution is -2.51. The number of nitrogens with one attached hydrogen (secondary N) is 3. The van der Waals surface area contributed by atoms with Gasteiger partial charge in [0.2, 0.25) is 5.91 Å². The van der Waals surface area contributed by atoms with Crippen LogP contribution in [0.1, 0.15) is 17.2 Å². The van der Waals surface area contributed by atoms with Crippen LogP contribution in [-0.4, -0.2) is 11.9 Å². The first-order chi connectivity index (χ1) is 12.1. The Morgan fingerprint density at radius 2 is 1.80 bits per heavy atom. The van der Waals surface area contributed by atoms with E-state index in [1.165, 1.54) is 0 Å². The van der Waals surface area contributed by atoms with Crippen LogP contribution < -0.4 is 16.0 Å². The van der Waals surface area contributed by atoms with Gasteiger partial charge in [-0.05, 0) is 29.8 Å². The summed E-state index contributed by atoms with van der Waals surface area (Å²) in [6.45, 7) is 3.83. The van der Waals surface area contributed by atoms with E-state index in [0.717, 1.165) is 5.56 Å². The molecule has 6 heteroatoms. The van der Waals surface area contributed by atoms with Crippen LogP contribution >= 0.6 is 0 Å². The number of nitrogens with zero attached hydrogens (tertiary/aromatic N) is 1. The van der Waals surface area contributed by atoms with Gasteiger partial charge in [0.25, 0.3) is 0 Å². The molecular formula is C19H16N4O2. The van der Waals surface area contributed by atoms with Crippen LogP contribution in [0.15, 0.2) is 66.9 Å². The molecule has 0 aliphatic carbocycles. The van der Waals surface area contributed by atoms with Crippen molar-refractivity contribution in [2.75, 3.05) is 5.32 Å². The molecule has 1 heterocycles. The molecule has 6 nitrogen and oxygen atoms in total. The number of amides is 3. The molecule has 1 saturated heterocycles. The van der Waals surface area contributed by atoms with E-state index < -0.39 is 18.0 Å². The summed E-state index contributed by atoms with van der Waals surface area (Å²) >= 11 is 0. The first-order valence-corrected chi connectivity index (χ1v) is 7.71. The molecule has 25 heavy (non-hydrogen) atoms. The summed E-state index contributed by atoms with van der Waals surface area (Å²) in [6.07, 6.45) is 0. The third-order valence-corrected chi connectivity index (χ3v) is 3.99. The fourth-order valence-corrected chi connectivity index (χ4v) is 2.78. The molecule has 124 valence electrons. The highest BCUT2D eigenvalue weighted by atomic mass is 16.2. The lowest BCUT2D eigenvalue weighted by Gasteiger charge is -2.33. The van der Waals surface area contributed by atoms with Crippen molar-refractivity contribution in [3.63, 3.8) is 0 Å². The van der Waals surface area contributed by atoms with Crippen molar-refractivity contribution in [2.24, 2.45) is 5.92 Å². The van der Waals surface area contributed by atoms with Gasteiger partial charge in [-0.1, -0.05) is 36.9 Å². The number of para-hydroxylation sites is 1. The number of anilines is 1. The Morgan fingerprint density at radius 1 is 1.12 bits per heavy atom. The minimum absolute atomic E-state index is 0.280. The molecule has 1 aliphatic rings. The van der Waals surface area contributed by atoms with Crippen molar-refractivity contribution >= 4 is 17.6 Å². The van der Waals surface area contributed by atoms with Crippen LogP contribution in [0.5, 0.6) is 0 Å². The van der Waals surface area contributed by atoms with Crippen LogP contribution in [-0.2, 0) is 4.79 Å². The summed E-state index contributed by atoms with van der Waals surface area (Å²) in [5.41, 5.74) is 2.22. The number of carbonyl (C=O) groups excluding carboxylic acids is 2. The lowest BCUT2D eigenvalue weighted by atomic mass is 9.88. The summed E-state index contributed by atoms with van der Waals surface area (Å²) in [6, 6.07) is 16.9. The Bertz CT molecular complexity index is 853. The van der Waals surface area contributed by atoms with Crippen molar-refractivity contribution < 1.29 is 9.59 Å². The van der Waals surface area contributed by atoms with Gasteiger partial charge >= 0.3 is 6.03 Å². The topological polar surface area (TPSA) is 94.0 Å². The first kappa shape index (κ1) is 16.3. The van der Waals surface area contributed by atoms with Crippen LogP contribution in [0.2, 0.25) is 0 Å². The van der Waals surface area contributed by atoms with Crippen molar-refractivity contribution in [1.29, 1.82) is 5.26 Å². The average Bonchev–Trinajstić information content (AvgIpc) is 2.62. The highest BCUT2D eigenvalue weighted by molar-refractivity contribution is 5.97.